The van der Waals surface area contributed by atoms with Gasteiger partial charge in [0.05, 0.1) is 18.7 Å². The summed E-state index contributed by atoms with van der Waals surface area (Å²) in [5.74, 6) is -0.126. The van der Waals surface area contributed by atoms with Crippen LogP contribution in [0.15, 0.2) is 0 Å². The Balaban J connectivity index is 3.77. The average molecular weight is 174 g/mol. The minimum Gasteiger partial charge on any atom is -0.383 e. The second-order valence-electron chi connectivity index (χ2n) is 2.86. The number of nitrogens with two attached hydrogens (primary N) is 1. The van der Waals surface area contributed by atoms with E-state index in [0.29, 0.717) is 6.61 Å². The van der Waals surface area contributed by atoms with E-state index in [1.54, 1.807) is 14.0 Å². The predicted octanol–water partition coefficient (Wildman–Crippen LogP) is -0.125. The van der Waals surface area contributed by atoms with Crippen molar-refractivity contribution in [2.45, 2.75) is 32.4 Å². The van der Waals surface area contributed by atoms with Crippen LogP contribution in [-0.4, -0.2) is 31.7 Å². The van der Waals surface area contributed by atoms with E-state index < -0.39 is 6.04 Å². The summed E-state index contributed by atoms with van der Waals surface area (Å²) in [6.45, 7) is 4.19. The number of methoxy groups -OCH3 is 1. The standard InChI is InChI=1S/C8H18N2O2/c1-4-7(5-12-3)10-8(11)6(2)9/h6-7H,4-5,9H2,1-3H3,(H,10,11)/t6-,7?/m0/s1. The molecule has 1 unspecified atom stereocenters. The van der Waals surface area contributed by atoms with Crippen LogP contribution < -0.4 is 11.1 Å². The van der Waals surface area contributed by atoms with Crippen molar-refractivity contribution in [1.29, 1.82) is 0 Å². The Labute approximate surface area is 73.5 Å². The van der Waals surface area contributed by atoms with E-state index >= 15 is 0 Å². The fraction of sp³-hybridized carbons (Fsp3) is 0.875. The topological polar surface area (TPSA) is 64.3 Å². The molecule has 0 aromatic carbocycles. The summed E-state index contributed by atoms with van der Waals surface area (Å²) in [7, 11) is 1.61. The van der Waals surface area contributed by atoms with Crippen LogP contribution in [-0.2, 0) is 9.53 Å². The second-order valence-corrected chi connectivity index (χ2v) is 2.86. The fourth-order valence-corrected chi connectivity index (χ4v) is 0.795. The summed E-state index contributed by atoms with van der Waals surface area (Å²) >= 11 is 0. The summed E-state index contributed by atoms with van der Waals surface area (Å²) in [4.78, 5) is 11.1. The molecule has 0 aliphatic carbocycles. The van der Waals surface area contributed by atoms with Gasteiger partial charge in [-0.1, -0.05) is 6.92 Å². The van der Waals surface area contributed by atoms with Gasteiger partial charge in [0.25, 0.3) is 0 Å². The maximum atomic E-state index is 11.1. The quantitative estimate of drug-likeness (QED) is 0.610. The van der Waals surface area contributed by atoms with Gasteiger partial charge >= 0.3 is 0 Å². The monoisotopic (exact) mass is 174 g/mol. The molecule has 0 rings (SSSR count). The van der Waals surface area contributed by atoms with Crippen LogP contribution >= 0.6 is 0 Å². The Morgan fingerprint density at radius 2 is 2.25 bits per heavy atom. The molecule has 0 aliphatic heterocycles. The van der Waals surface area contributed by atoms with Crippen LogP contribution in [0.5, 0.6) is 0 Å². The highest BCUT2D eigenvalue weighted by molar-refractivity contribution is 5.81. The van der Waals surface area contributed by atoms with E-state index in [4.69, 9.17) is 10.5 Å². The number of hydrogen-bond acceptors (Lipinski definition) is 3. The Morgan fingerprint density at radius 1 is 1.67 bits per heavy atom. The third-order valence-corrected chi connectivity index (χ3v) is 1.62. The Hall–Kier alpha value is -0.610. The van der Waals surface area contributed by atoms with Crippen LogP contribution in [0.25, 0.3) is 0 Å². The Morgan fingerprint density at radius 3 is 2.58 bits per heavy atom. The van der Waals surface area contributed by atoms with Crippen molar-refractivity contribution in [3.8, 4) is 0 Å². The zero-order valence-corrected chi connectivity index (χ0v) is 7.96. The first kappa shape index (κ1) is 11.4. The lowest BCUT2D eigenvalue weighted by molar-refractivity contribution is -0.123. The number of carbonyl (C=O) groups excluding carboxylic acids is 1. The zero-order valence-electron chi connectivity index (χ0n) is 7.96. The van der Waals surface area contributed by atoms with Gasteiger partial charge in [-0.25, -0.2) is 0 Å². The van der Waals surface area contributed by atoms with Crippen LogP contribution in [0.1, 0.15) is 20.3 Å². The molecule has 0 saturated heterocycles. The molecular weight excluding hydrogens is 156 g/mol. The molecule has 0 spiro atoms. The van der Waals surface area contributed by atoms with Crippen molar-refractivity contribution < 1.29 is 9.53 Å². The molecule has 0 heterocycles. The van der Waals surface area contributed by atoms with E-state index in [2.05, 4.69) is 5.32 Å². The molecule has 0 radical (unpaired) electrons. The molecule has 0 aromatic rings. The number of nitrogens with one attached hydrogen (secondary N) is 1. The first-order valence-electron chi connectivity index (χ1n) is 4.16. The van der Waals surface area contributed by atoms with Crippen LogP contribution in [0.4, 0.5) is 0 Å². The molecular formula is C8H18N2O2. The SMILES string of the molecule is CCC(COC)NC(=O)[C@H](C)N. The fourth-order valence-electron chi connectivity index (χ4n) is 0.795. The van der Waals surface area contributed by atoms with Gasteiger partial charge in [0.2, 0.25) is 5.91 Å². The summed E-state index contributed by atoms with van der Waals surface area (Å²) in [6, 6.07) is -0.371. The number of hydrogen-bond donors (Lipinski definition) is 2. The lowest BCUT2D eigenvalue weighted by atomic mass is 10.2. The highest BCUT2D eigenvalue weighted by atomic mass is 16.5. The van der Waals surface area contributed by atoms with E-state index in [9.17, 15) is 4.79 Å². The van der Waals surface area contributed by atoms with Gasteiger partial charge in [-0.15, -0.1) is 0 Å². The lowest BCUT2D eigenvalue weighted by Gasteiger charge is -2.17. The number of rotatable bonds is 5. The Kier molecular flexibility index (Phi) is 5.66. The van der Waals surface area contributed by atoms with Crippen molar-refractivity contribution in [2.24, 2.45) is 5.73 Å². The van der Waals surface area contributed by atoms with Crippen LogP contribution in [0, 0.1) is 0 Å². The molecule has 1 amide bonds. The maximum absolute atomic E-state index is 11.1. The molecule has 0 saturated carbocycles. The number of ether oxygens (including phenoxy) is 1. The summed E-state index contributed by atoms with van der Waals surface area (Å²) < 4.78 is 4.92. The molecule has 4 heteroatoms. The van der Waals surface area contributed by atoms with Crippen LogP contribution in [0.2, 0.25) is 0 Å². The van der Waals surface area contributed by atoms with E-state index in [0.717, 1.165) is 6.42 Å². The van der Waals surface area contributed by atoms with Crippen molar-refractivity contribution in [3.05, 3.63) is 0 Å². The Bertz CT molecular complexity index is 137. The van der Waals surface area contributed by atoms with E-state index in [1.165, 1.54) is 0 Å². The third-order valence-electron chi connectivity index (χ3n) is 1.62. The minimum atomic E-state index is -0.448. The summed E-state index contributed by atoms with van der Waals surface area (Å²) in [6.07, 6.45) is 0.853. The maximum Gasteiger partial charge on any atom is 0.236 e. The molecule has 0 aromatic heterocycles. The summed E-state index contributed by atoms with van der Waals surface area (Å²) in [5, 5.41) is 2.78. The number of carbonyl (C=O) groups is 1. The molecule has 0 aliphatic rings. The normalized spacial score (nSPS) is 15.3. The van der Waals surface area contributed by atoms with Gasteiger partial charge in [-0.3, -0.25) is 4.79 Å². The van der Waals surface area contributed by atoms with Gasteiger partial charge in [0.15, 0.2) is 0 Å². The van der Waals surface area contributed by atoms with Gasteiger partial charge in [-0.05, 0) is 13.3 Å². The molecule has 0 bridgehead atoms. The number of amides is 1. The van der Waals surface area contributed by atoms with Crippen molar-refractivity contribution in [2.75, 3.05) is 13.7 Å². The largest absolute Gasteiger partial charge is 0.383 e. The zero-order chi connectivity index (χ0) is 9.56. The van der Waals surface area contributed by atoms with Crippen molar-refractivity contribution in [3.63, 3.8) is 0 Å². The highest BCUT2D eigenvalue weighted by Gasteiger charge is 2.12. The predicted molar refractivity (Wildman–Crippen MR) is 47.7 cm³/mol. The molecule has 0 fully saturated rings. The first-order chi connectivity index (χ1) is 5.61. The smallest absolute Gasteiger partial charge is 0.236 e. The minimum absolute atomic E-state index is 0.0773. The van der Waals surface area contributed by atoms with Crippen molar-refractivity contribution >= 4 is 5.91 Å². The molecule has 72 valence electrons. The molecule has 3 N–H and O–H groups in total. The highest BCUT2D eigenvalue weighted by Crippen LogP contribution is 1.91. The second kappa shape index (κ2) is 5.97. The van der Waals surface area contributed by atoms with Crippen molar-refractivity contribution in [1.82, 2.24) is 5.32 Å². The lowest BCUT2D eigenvalue weighted by Crippen LogP contribution is -2.45. The van der Waals surface area contributed by atoms with E-state index in [-0.39, 0.29) is 11.9 Å². The summed E-state index contributed by atoms with van der Waals surface area (Å²) in [5.41, 5.74) is 5.38. The molecule has 2 atom stereocenters. The third kappa shape index (κ3) is 4.31. The van der Waals surface area contributed by atoms with Gasteiger partial charge < -0.3 is 15.8 Å². The van der Waals surface area contributed by atoms with Gasteiger partial charge in [0.1, 0.15) is 0 Å². The van der Waals surface area contributed by atoms with Crippen LogP contribution in [0.3, 0.4) is 0 Å². The van der Waals surface area contributed by atoms with Gasteiger partial charge in [-0.2, -0.15) is 0 Å². The van der Waals surface area contributed by atoms with E-state index in [1.807, 2.05) is 6.92 Å². The van der Waals surface area contributed by atoms with Gasteiger partial charge in [0, 0.05) is 7.11 Å². The molecule has 12 heavy (non-hydrogen) atoms. The first-order valence-corrected chi connectivity index (χ1v) is 4.16. The molecule has 4 nitrogen and oxygen atoms in total. The average Bonchev–Trinajstić information content (AvgIpc) is 2.03.